The zero-order chi connectivity index (χ0) is 22.1. The molecule has 2 aromatic rings. The Hall–Kier alpha value is -2.64. The van der Waals surface area contributed by atoms with E-state index in [4.69, 9.17) is 4.74 Å². The van der Waals surface area contributed by atoms with Gasteiger partial charge in [0.15, 0.2) is 0 Å². The number of ketones is 1. The van der Waals surface area contributed by atoms with Crippen molar-refractivity contribution in [3.8, 4) is 5.75 Å². The van der Waals surface area contributed by atoms with Crippen LogP contribution >= 0.6 is 11.3 Å². The van der Waals surface area contributed by atoms with Crippen LogP contribution in [0.25, 0.3) is 5.76 Å². The van der Waals surface area contributed by atoms with Crippen molar-refractivity contribution in [2.45, 2.75) is 32.2 Å². The van der Waals surface area contributed by atoms with Crippen LogP contribution in [-0.2, 0) is 16.0 Å². The molecular weight excluding hydrogens is 412 g/mol. The third kappa shape index (κ3) is 4.12. The smallest absolute Gasteiger partial charge is 0.295 e. The molecule has 1 aromatic heterocycles. The Balaban J connectivity index is 1.77. The highest BCUT2D eigenvalue weighted by Crippen LogP contribution is 2.43. The van der Waals surface area contributed by atoms with Gasteiger partial charge in [0.25, 0.3) is 11.7 Å². The number of fused-ring (bicyclic) bond motifs is 1. The maximum Gasteiger partial charge on any atom is 0.295 e. The summed E-state index contributed by atoms with van der Waals surface area (Å²) in [4.78, 5) is 30.7. The molecule has 1 saturated heterocycles. The number of Topliss-reactive ketones (excluding diaryl/α,β-unsaturated/α-hetero) is 1. The second-order valence-electron chi connectivity index (χ2n) is 8.39. The van der Waals surface area contributed by atoms with Gasteiger partial charge in [0, 0.05) is 17.0 Å². The van der Waals surface area contributed by atoms with Crippen LogP contribution < -0.4 is 4.74 Å². The first-order valence-electron chi connectivity index (χ1n) is 10.6. The number of likely N-dealkylation sites (tertiary alicyclic amines) is 1. The molecule has 4 rings (SSSR count). The molecular formula is C24H28N2O4S. The summed E-state index contributed by atoms with van der Waals surface area (Å²) < 4.78 is 5.67. The van der Waals surface area contributed by atoms with E-state index >= 15 is 0 Å². The monoisotopic (exact) mass is 440 g/mol. The van der Waals surface area contributed by atoms with Crippen LogP contribution in [0.3, 0.4) is 0 Å². The summed E-state index contributed by atoms with van der Waals surface area (Å²) in [7, 11) is 3.96. The summed E-state index contributed by atoms with van der Waals surface area (Å²) in [5, 5.41) is 13.2. The predicted octanol–water partition coefficient (Wildman–Crippen LogP) is 3.75. The number of rotatable bonds is 6. The van der Waals surface area contributed by atoms with E-state index < -0.39 is 17.7 Å². The lowest BCUT2D eigenvalue weighted by molar-refractivity contribution is -0.139. The highest BCUT2D eigenvalue weighted by Gasteiger charge is 2.46. The van der Waals surface area contributed by atoms with Gasteiger partial charge in [-0.05, 0) is 87.6 Å². The van der Waals surface area contributed by atoms with Gasteiger partial charge in [-0.15, -0.1) is 11.3 Å². The van der Waals surface area contributed by atoms with E-state index in [-0.39, 0.29) is 11.3 Å². The molecule has 1 atom stereocenters. The fraction of sp³-hybridized carbons (Fsp3) is 0.417. The average molecular weight is 441 g/mol. The van der Waals surface area contributed by atoms with Gasteiger partial charge in [0.05, 0.1) is 18.2 Å². The zero-order valence-corrected chi connectivity index (χ0v) is 19.0. The van der Waals surface area contributed by atoms with Crippen LogP contribution in [0.15, 0.2) is 35.2 Å². The molecule has 0 saturated carbocycles. The first-order valence-corrected chi connectivity index (χ1v) is 11.5. The third-order valence-corrected chi connectivity index (χ3v) is 6.95. The molecule has 1 amide bonds. The number of ether oxygens (including phenoxy) is 1. The molecule has 31 heavy (non-hydrogen) atoms. The van der Waals surface area contributed by atoms with Gasteiger partial charge in [0.1, 0.15) is 11.5 Å². The molecule has 6 nitrogen and oxygen atoms in total. The number of nitrogens with zero attached hydrogens (tertiary/aromatic N) is 2. The van der Waals surface area contributed by atoms with Crippen molar-refractivity contribution in [2.75, 3.05) is 33.8 Å². The van der Waals surface area contributed by atoms with Crippen LogP contribution in [0.4, 0.5) is 0 Å². The molecule has 1 aromatic carbocycles. The SMILES string of the molecule is Cc1ccsc1C1/C(=C(/O)c2ccc3c(c2)CCCO3)C(=O)C(=O)N1CCCN(C)C. The Kier molecular flexibility index (Phi) is 6.16. The maximum atomic E-state index is 13.1. The Labute approximate surface area is 186 Å². The van der Waals surface area contributed by atoms with Crippen LogP contribution in [0.5, 0.6) is 5.75 Å². The lowest BCUT2D eigenvalue weighted by atomic mass is 9.96. The van der Waals surface area contributed by atoms with E-state index in [1.165, 1.54) is 11.3 Å². The van der Waals surface area contributed by atoms with Crippen molar-refractivity contribution >= 4 is 28.8 Å². The van der Waals surface area contributed by atoms with Gasteiger partial charge in [-0.2, -0.15) is 0 Å². The number of carbonyl (C=O) groups excluding carboxylic acids is 2. The van der Waals surface area contributed by atoms with Crippen molar-refractivity contribution in [1.82, 2.24) is 9.80 Å². The van der Waals surface area contributed by atoms with Gasteiger partial charge in [-0.3, -0.25) is 9.59 Å². The number of benzene rings is 1. The number of thiophene rings is 1. The van der Waals surface area contributed by atoms with Crippen molar-refractivity contribution in [1.29, 1.82) is 0 Å². The second kappa shape index (κ2) is 8.85. The van der Waals surface area contributed by atoms with E-state index in [9.17, 15) is 14.7 Å². The van der Waals surface area contributed by atoms with Gasteiger partial charge >= 0.3 is 0 Å². The molecule has 0 radical (unpaired) electrons. The fourth-order valence-corrected chi connectivity index (χ4v) is 5.31. The van der Waals surface area contributed by atoms with Crippen LogP contribution in [0.1, 0.15) is 40.5 Å². The molecule has 0 spiro atoms. The second-order valence-corrected chi connectivity index (χ2v) is 9.34. The molecule has 0 aliphatic carbocycles. The normalized spacial score (nSPS) is 20.3. The van der Waals surface area contributed by atoms with E-state index in [1.54, 1.807) is 11.0 Å². The molecule has 1 N–H and O–H groups in total. The Bertz CT molecular complexity index is 1040. The quantitative estimate of drug-likeness (QED) is 0.421. The average Bonchev–Trinajstić information content (AvgIpc) is 3.28. The number of aliphatic hydroxyl groups is 1. The number of aliphatic hydroxyl groups excluding tert-OH is 1. The highest BCUT2D eigenvalue weighted by molar-refractivity contribution is 7.10. The maximum absolute atomic E-state index is 13.1. The Morgan fingerprint density at radius 2 is 2.10 bits per heavy atom. The fourth-order valence-electron chi connectivity index (χ4n) is 4.27. The zero-order valence-electron chi connectivity index (χ0n) is 18.2. The van der Waals surface area contributed by atoms with Crippen molar-refractivity contribution in [3.63, 3.8) is 0 Å². The van der Waals surface area contributed by atoms with Crippen molar-refractivity contribution < 1.29 is 19.4 Å². The number of hydrogen-bond acceptors (Lipinski definition) is 6. The third-order valence-electron chi connectivity index (χ3n) is 5.88. The molecule has 0 bridgehead atoms. The highest BCUT2D eigenvalue weighted by atomic mass is 32.1. The van der Waals surface area contributed by atoms with E-state index in [0.717, 1.165) is 47.6 Å². The predicted molar refractivity (Wildman–Crippen MR) is 121 cm³/mol. The van der Waals surface area contributed by atoms with Crippen molar-refractivity contribution in [3.05, 3.63) is 56.8 Å². The molecule has 164 valence electrons. The number of carbonyl (C=O) groups is 2. The molecule has 1 fully saturated rings. The van der Waals surface area contributed by atoms with Crippen LogP contribution in [0.2, 0.25) is 0 Å². The lowest BCUT2D eigenvalue weighted by Crippen LogP contribution is -2.32. The molecule has 7 heteroatoms. The standard InChI is InChI=1S/C24H28N2O4S/c1-15-9-13-31-23(15)20-19(22(28)24(29)26(20)11-5-10-25(2)3)21(27)17-7-8-18-16(14-17)6-4-12-30-18/h7-9,13-14,20,27H,4-6,10-12H2,1-3H3/b21-19-. The van der Waals surface area contributed by atoms with Crippen molar-refractivity contribution in [2.24, 2.45) is 0 Å². The number of hydrogen-bond donors (Lipinski definition) is 1. The summed E-state index contributed by atoms with van der Waals surface area (Å²) in [6, 6.07) is 6.89. The Morgan fingerprint density at radius 3 is 2.81 bits per heavy atom. The van der Waals surface area contributed by atoms with E-state index in [0.29, 0.717) is 18.7 Å². The summed E-state index contributed by atoms with van der Waals surface area (Å²) >= 11 is 1.51. The van der Waals surface area contributed by atoms with E-state index in [1.807, 2.05) is 44.6 Å². The first-order chi connectivity index (χ1) is 14.9. The van der Waals surface area contributed by atoms with Gasteiger partial charge < -0.3 is 19.6 Å². The number of amides is 1. The van der Waals surface area contributed by atoms with Gasteiger partial charge in [-0.25, -0.2) is 0 Å². The molecule has 2 aliphatic heterocycles. The topological polar surface area (TPSA) is 70.1 Å². The first kappa shape index (κ1) is 21.6. The summed E-state index contributed by atoms with van der Waals surface area (Å²) in [5.74, 6) is -0.453. The van der Waals surface area contributed by atoms with Crippen LogP contribution in [0, 0.1) is 6.92 Å². The van der Waals surface area contributed by atoms with Gasteiger partial charge in [-0.1, -0.05) is 0 Å². The minimum absolute atomic E-state index is 0.111. The largest absolute Gasteiger partial charge is 0.507 e. The lowest BCUT2D eigenvalue weighted by Gasteiger charge is -2.25. The number of aryl methyl sites for hydroxylation is 2. The minimum Gasteiger partial charge on any atom is -0.507 e. The van der Waals surface area contributed by atoms with Crippen LogP contribution in [-0.4, -0.2) is 60.4 Å². The molecule has 2 aliphatic rings. The Morgan fingerprint density at radius 1 is 1.29 bits per heavy atom. The summed E-state index contributed by atoms with van der Waals surface area (Å²) in [5.41, 5.74) is 2.76. The molecule has 1 unspecified atom stereocenters. The minimum atomic E-state index is -0.617. The summed E-state index contributed by atoms with van der Waals surface area (Å²) in [6.45, 7) is 3.93. The molecule has 3 heterocycles. The van der Waals surface area contributed by atoms with E-state index in [2.05, 4.69) is 4.90 Å². The summed E-state index contributed by atoms with van der Waals surface area (Å²) in [6.07, 6.45) is 2.53. The van der Waals surface area contributed by atoms with Gasteiger partial charge in [0.2, 0.25) is 0 Å².